The molecular weight excluding hydrogens is 480 g/mol. The number of ether oxygens (including phenoxy) is 1. The summed E-state index contributed by atoms with van der Waals surface area (Å²) in [7, 11) is 0. The zero-order chi connectivity index (χ0) is 27.2. The minimum absolute atomic E-state index is 0.228. The number of thioether (sulfide) groups is 1. The van der Waals surface area contributed by atoms with Crippen molar-refractivity contribution in [3.63, 3.8) is 0 Å². The topological polar surface area (TPSA) is 56.5 Å². The Morgan fingerprint density at radius 3 is 2.46 bits per heavy atom. The molecule has 0 bridgehead atoms. The van der Waals surface area contributed by atoms with Crippen molar-refractivity contribution in [3.05, 3.63) is 76.7 Å². The monoisotopic (exact) mass is 520 g/mol. The molecule has 0 unspecified atom stereocenters. The van der Waals surface area contributed by atoms with Gasteiger partial charge >= 0.3 is 11.6 Å². The fraction of sp³-hybridized carbons (Fsp3) is 0.438. The van der Waals surface area contributed by atoms with E-state index < -0.39 is 11.6 Å². The maximum atomic E-state index is 13.1. The predicted octanol–water partition coefficient (Wildman–Crippen LogP) is 8.52. The highest BCUT2D eigenvalue weighted by atomic mass is 32.2. The highest BCUT2D eigenvalue weighted by Crippen LogP contribution is 2.40. The molecule has 2 aromatic carbocycles. The Balaban J connectivity index is 1.85. The van der Waals surface area contributed by atoms with Crippen LogP contribution in [0.15, 0.2) is 69.2 Å². The van der Waals surface area contributed by atoms with Gasteiger partial charge in [0.15, 0.2) is 0 Å². The number of hydrogen-bond acceptors (Lipinski definition) is 5. The molecule has 3 aromatic rings. The standard InChI is InChI=1S/C32H40O4S/c1-8-11-12-13-22-14-17-26(23(9-2)18-22)27-19-24-15-16-25(20-28(24)35-30(27)34)37-32(6,7)21-31(4,5)36-29(33)10-3/h10,14-20H,3,8-9,11-13,21H2,1-2,4-7H3. The molecular formula is C32H40O4S. The molecule has 3 rings (SSSR count). The summed E-state index contributed by atoms with van der Waals surface area (Å²) in [4.78, 5) is 25.8. The second-order valence-corrected chi connectivity index (χ2v) is 12.7. The highest BCUT2D eigenvalue weighted by molar-refractivity contribution is 8.00. The third kappa shape index (κ3) is 7.85. The number of rotatable bonds is 12. The number of benzene rings is 2. The van der Waals surface area contributed by atoms with Gasteiger partial charge in [0.1, 0.15) is 11.2 Å². The van der Waals surface area contributed by atoms with Crippen LogP contribution in [0.25, 0.3) is 22.1 Å². The van der Waals surface area contributed by atoms with E-state index in [1.807, 2.05) is 32.0 Å². The van der Waals surface area contributed by atoms with Crippen LogP contribution in [-0.2, 0) is 22.4 Å². The maximum Gasteiger partial charge on any atom is 0.344 e. The van der Waals surface area contributed by atoms with Crippen LogP contribution in [-0.4, -0.2) is 16.3 Å². The number of esters is 1. The van der Waals surface area contributed by atoms with Crippen LogP contribution in [0.4, 0.5) is 0 Å². The molecule has 37 heavy (non-hydrogen) atoms. The van der Waals surface area contributed by atoms with Crippen molar-refractivity contribution in [1.82, 2.24) is 0 Å². The molecule has 0 saturated carbocycles. The molecule has 0 spiro atoms. The van der Waals surface area contributed by atoms with E-state index in [9.17, 15) is 9.59 Å². The van der Waals surface area contributed by atoms with E-state index in [2.05, 4.69) is 58.5 Å². The lowest BCUT2D eigenvalue weighted by molar-refractivity contribution is -0.151. The first kappa shape index (κ1) is 28.8. The minimum atomic E-state index is -0.636. The number of fused-ring (bicyclic) bond motifs is 1. The lowest BCUT2D eigenvalue weighted by Crippen LogP contribution is -2.35. The molecule has 0 aliphatic rings. The van der Waals surface area contributed by atoms with Gasteiger partial charge in [0.05, 0.1) is 5.56 Å². The van der Waals surface area contributed by atoms with Gasteiger partial charge < -0.3 is 9.15 Å². The van der Waals surface area contributed by atoms with Gasteiger partial charge in [0.2, 0.25) is 0 Å². The van der Waals surface area contributed by atoms with Gasteiger partial charge in [-0.15, -0.1) is 11.8 Å². The predicted molar refractivity (Wildman–Crippen MR) is 155 cm³/mol. The van der Waals surface area contributed by atoms with Crippen molar-refractivity contribution in [2.24, 2.45) is 0 Å². The number of aryl methyl sites for hydroxylation is 2. The molecule has 0 fully saturated rings. The Kier molecular flexibility index (Phi) is 9.46. The molecule has 1 heterocycles. The smallest absolute Gasteiger partial charge is 0.344 e. The molecule has 1 aromatic heterocycles. The molecule has 5 heteroatoms. The quantitative estimate of drug-likeness (QED) is 0.0787. The zero-order valence-electron chi connectivity index (χ0n) is 23.1. The van der Waals surface area contributed by atoms with Crippen LogP contribution in [0.2, 0.25) is 0 Å². The van der Waals surface area contributed by atoms with Crippen molar-refractivity contribution in [1.29, 1.82) is 0 Å². The summed E-state index contributed by atoms with van der Waals surface area (Å²) < 4.78 is 11.1. The van der Waals surface area contributed by atoms with Crippen LogP contribution in [0.5, 0.6) is 0 Å². The Labute approximate surface area is 225 Å². The Morgan fingerprint density at radius 1 is 1.03 bits per heavy atom. The first-order chi connectivity index (χ1) is 17.5. The molecule has 0 saturated heterocycles. The van der Waals surface area contributed by atoms with Crippen molar-refractivity contribution >= 4 is 28.7 Å². The zero-order valence-corrected chi connectivity index (χ0v) is 23.9. The third-order valence-electron chi connectivity index (χ3n) is 6.41. The van der Waals surface area contributed by atoms with E-state index in [0.717, 1.165) is 28.7 Å². The van der Waals surface area contributed by atoms with E-state index in [-0.39, 0.29) is 10.4 Å². The average molecular weight is 521 g/mol. The summed E-state index contributed by atoms with van der Waals surface area (Å²) in [5.74, 6) is -0.425. The van der Waals surface area contributed by atoms with E-state index in [1.165, 1.54) is 36.5 Å². The first-order valence-electron chi connectivity index (χ1n) is 13.2. The van der Waals surface area contributed by atoms with Gasteiger partial charge in [-0.3, -0.25) is 0 Å². The molecule has 0 aliphatic heterocycles. The Bertz CT molecular complexity index is 1320. The number of unbranched alkanes of at least 4 members (excludes halogenated alkanes) is 2. The molecule has 0 radical (unpaired) electrons. The van der Waals surface area contributed by atoms with E-state index >= 15 is 0 Å². The fourth-order valence-electron chi connectivity index (χ4n) is 5.01. The van der Waals surface area contributed by atoms with Crippen LogP contribution in [0.1, 0.15) is 78.4 Å². The molecule has 0 aliphatic carbocycles. The summed E-state index contributed by atoms with van der Waals surface area (Å²) >= 11 is 1.67. The van der Waals surface area contributed by atoms with Crippen LogP contribution in [0.3, 0.4) is 0 Å². The van der Waals surface area contributed by atoms with Crippen LogP contribution >= 0.6 is 11.8 Å². The van der Waals surface area contributed by atoms with E-state index in [1.54, 1.807) is 11.8 Å². The number of carbonyl (C=O) groups excluding carboxylic acids is 1. The highest BCUT2D eigenvalue weighted by Gasteiger charge is 2.32. The van der Waals surface area contributed by atoms with Crippen molar-refractivity contribution in [2.45, 2.75) is 95.3 Å². The fourth-order valence-corrected chi connectivity index (χ4v) is 6.37. The van der Waals surface area contributed by atoms with E-state index in [4.69, 9.17) is 9.15 Å². The molecule has 0 amide bonds. The number of carbonyl (C=O) groups is 1. The van der Waals surface area contributed by atoms with Gasteiger partial charge in [0.25, 0.3) is 0 Å². The summed E-state index contributed by atoms with van der Waals surface area (Å²) in [6.45, 7) is 15.9. The minimum Gasteiger partial charge on any atom is -0.456 e. The largest absolute Gasteiger partial charge is 0.456 e. The second kappa shape index (κ2) is 12.2. The Hall–Kier alpha value is -2.79. The normalized spacial score (nSPS) is 12.1. The Morgan fingerprint density at radius 2 is 1.78 bits per heavy atom. The van der Waals surface area contributed by atoms with Gasteiger partial charge in [-0.05, 0) is 68.0 Å². The number of hydrogen-bond donors (Lipinski definition) is 0. The molecule has 0 N–H and O–H groups in total. The third-order valence-corrected chi connectivity index (χ3v) is 7.59. The summed E-state index contributed by atoms with van der Waals surface area (Å²) in [5, 5.41) is 0.895. The SMILES string of the molecule is C=CC(=O)OC(C)(C)CC(C)(C)Sc1ccc2cc(-c3ccc(CCCCC)cc3CC)c(=O)oc2c1. The maximum absolute atomic E-state index is 13.1. The van der Waals surface area contributed by atoms with Crippen LogP contribution in [0, 0.1) is 0 Å². The van der Waals surface area contributed by atoms with Gasteiger partial charge in [-0.25, -0.2) is 9.59 Å². The van der Waals surface area contributed by atoms with Gasteiger partial charge in [-0.2, -0.15) is 0 Å². The first-order valence-corrected chi connectivity index (χ1v) is 14.0. The second-order valence-electron chi connectivity index (χ2n) is 10.9. The van der Waals surface area contributed by atoms with E-state index in [0.29, 0.717) is 17.6 Å². The summed E-state index contributed by atoms with van der Waals surface area (Å²) in [6, 6.07) is 14.4. The average Bonchev–Trinajstić information content (AvgIpc) is 2.82. The van der Waals surface area contributed by atoms with Crippen LogP contribution < -0.4 is 5.63 Å². The molecule has 4 nitrogen and oxygen atoms in total. The molecule has 198 valence electrons. The summed E-state index contributed by atoms with van der Waals surface area (Å²) in [6.07, 6.45) is 7.38. The lowest BCUT2D eigenvalue weighted by atomic mass is 9.94. The molecule has 0 atom stereocenters. The lowest BCUT2D eigenvalue weighted by Gasteiger charge is -2.34. The van der Waals surface area contributed by atoms with Crippen molar-refractivity contribution in [2.75, 3.05) is 0 Å². The van der Waals surface area contributed by atoms with Gasteiger partial charge in [0, 0.05) is 27.5 Å². The summed E-state index contributed by atoms with van der Waals surface area (Å²) in [5.41, 5.74) is 3.67. The van der Waals surface area contributed by atoms with Crippen molar-refractivity contribution in [3.8, 4) is 11.1 Å². The van der Waals surface area contributed by atoms with Crippen molar-refractivity contribution < 1.29 is 13.9 Å². The van der Waals surface area contributed by atoms with Gasteiger partial charge in [-0.1, -0.05) is 71.4 Å².